The number of nitrogens with one attached hydrogen (secondary N) is 2. The molecule has 1 aromatic heterocycles. The van der Waals surface area contributed by atoms with Crippen LogP contribution in [0.2, 0.25) is 0 Å². The van der Waals surface area contributed by atoms with Crippen LogP contribution in [0.25, 0.3) is 22.0 Å². The van der Waals surface area contributed by atoms with E-state index >= 15 is 0 Å². The van der Waals surface area contributed by atoms with Crippen LogP contribution in [0.5, 0.6) is 0 Å². The summed E-state index contributed by atoms with van der Waals surface area (Å²) in [4.78, 5) is 0.150. The maximum absolute atomic E-state index is 12.7. The van der Waals surface area contributed by atoms with Gasteiger partial charge in [-0.3, -0.25) is 0 Å². The molecule has 0 bridgehead atoms. The van der Waals surface area contributed by atoms with E-state index in [4.69, 9.17) is 5.11 Å². The predicted octanol–water partition coefficient (Wildman–Crippen LogP) is 4.24. The zero-order valence-corrected chi connectivity index (χ0v) is 19.6. The maximum Gasteiger partial charge on any atom is 0.240 e. The smallest absolute Gasteiger partial charge is 0.240 e. The molecule has 8 heteroatoms. The van der Waals surface area contributed by atoms with Crippen molar-refractivity contribution in [2.75, 3.05) is 18.5 Å². The average molecular weight is 463 g/mol. The molecular weight excluding hydrogens is 436 g/mol. The number of rotatable bonds is 7. The molecule has 0 aliphatic heterocycles. The molecule has 3 N–H and O–H groups in total. The van der Waals surface area contributed by atoms with Crippen molar-refractivity contribution in [3.8, 4) is 11.3 Å². The Balaban J connectivity index is 1.82. The molecule has 3 aromatic carbocycles. The molecule has 0 amide bonds. The minimum absolute atomic E-state index is 0.0481. The summed E-state index contributed by atoms with van der Waals surface area (Å²) in [7, 11) is -3.77. The van der Waals surface area contributed by atoms with Crippen molar-refractivity contribution in [2.45, 2.75) is 25.7 Å². The molecule has 4 rings (SSSR count). The van der Waals surface area contributed by atoms with E-state index in [0.29, 0.717) is 22.6 Å². The standard InChI is InChI=1S/C25H26N4O3S/c1-16-8-9-17(2)22(14-16)27-25-21-7-5-4-6-20(21)24(28-29-25)19-11-10-18(3)23(15-19)33(31,32)26-12-13-30/h4-11,14-15,26,30H,12-13H2,1-3H3,(H,27,29). The summed E-state index contributed by atoms with van der Waals surface area (Å²) in [6.07, 6.45) is 0. The molecule has 0 radical (unpaired) electrons. The van der Waals surface area contributed by atoms with Crippen LogP contribution >= 0.6 is 0 Å². The number of aryl methyl sites for hydroxylation is 3. The lowest BCUT2D eigenvalue weighted by molar-refractivity contribution is 0.301. The van der Waals surface area contributed by atoms with Crippen molar-refractivity contribution in [3.63, 3.8) is 0 Å². The Hall–Kier alpha value is -3.33. The molecule has 0 saturated heterocycles. The Labute approximate surface area is 193 Å². The summed E-state index contributed by atoms with van der Waals surface area (Å²) in [6.45, 7) is 5.48. The van der Waals surface area contributed by atoms with E-state index in [1.165, 1.54) is 0 Å². The summed E-state index contributed by atoms with van der Waals surface area (Å²) in [5.41, 5.74) is 5.04. The first kappa shape index (κ1) is 22.8. The van der Waals surface area contributed by atoms with Crippen LogP contribution in [0.4, 0.5) is 11.5 Å². The number of benzene rings is 3. The van der Waals surface area contributed by atoms with Crippen LogP contribution in [0.1, 0.15) is 16.7 Å². The predicted molar refractivity (Wildman–Crippen MR) is 131 cm³/mol. The van der Waals surface area contributed by atoms with Crippen molar-refractivity contribution in [3.05, 3.63) is 77.4 Å². The van der Waals surface area contributed by atoms with Gasteiger partial charge in [0.15, 0.2) is 5.82 Å². The van der Waals surface area contributed by atoms with Crippen LogP contribution in [0.3, 0.4) is 0 Å². The Morgan fingerprint density at radius 2 is 1.61 bits per heavy atom. The number of aliphatic hydroxyl groups is 1. The molecule has 170 valence electrons. The fourth-order valence-electron chi connectivity index (χ4n) is 3.70. The second-order valence-corrected chi connectivity index (χ2v) is 9.72. The van der Waals surface area contributed by atoms with Crippen molar-refractivity contribution in [2.24, 2.45) is 0 Å². The van der Waals surface area contributed by atoms with Gasteiger partial charge in [0.05, 0.1) is 11.5 Å². The summed E-state index contributed by atoms with van der Waals surface area (Å²) >= 11 is 0. The summed E-state index contributed by atoms with van der Waals surface area (Å²) < 4.78 is 27.8. The first-order valence-electron chi connectivity index (χ1n) is 10.6. The highest BCUT2D eigenvalue weighted by molar-refractivity contribution is 7.89. The highest BCUT2D eigenvalue weighted by Crippen LogP contribution is 2.33. The number of fused-ring (bicyclic) bond motifs is 1. The van der Waals surface area contributed by atoms with Gasteiger partial charge < -0.3 is 10.4 Å². The molecular formula is C25H26N4O3S. The first-order valence-corrected chi connectivity index (χ1v) is 12.1. The van der Waals surface area contributed by atoms with Crippen LogP contribution < -0.4 is 10.0 Å². The molecule has 0 spiro atoms. The topological polar surface area (TPSA) is 104 Å². The molecule has 7 nitrogen and oxygen atoms in total. The number of aromatic nitrogens is 2. The lowest BCUT2D eigenvalue weighted by Crippen LogP contribution is -2.27. The molecule has 0 unspecified atom stereocenters. The Bertz CT molecular complexity index is 1440. The fourth-order valence-corrected chi connectivity index (χ4v) is 4.99. The summed E-state index contributed by atoms with van der Waals surface area (Å²) in [5.74, 6) is 0.632. The maximum atomic E-state index is 12.7. The van der Waals surface area contributed by atoms with E-state index in [1.54, 1.807) is 19.1 Å². The minimum atomic E-state index is -3.77. The van der Waals surface area contributed by atoms with E-state index in [9.17, 15) is 8.42 Å². The molecule has 0 aliphatic carbocycles. The fraction of sp³-hybridized carbons (Fsp3) is 0.200. The van der Waals surface area contributed by atoms with E-state index in [1.807, 2.05) is 44.2 Å². The van der Waals surface area contributed by atoms with Gasteiger partial charge in [0.2, 0.25) is 10.0 Å². The molecule has 0 fully saturated rings. The molecule has 33 heavy (non-hydrogen) atoms. The van der Waals surface area contributed by atoms with E-state index in [-0.39, 0.29) is 18.0 Å². The molecule has 0 aliphatic rings. The minimum Gasteiger partial charge on any atom is -0.395 e. The quantitative estimate of drug-likeness (QED) is 0.380. The van der Waals surface area contributed by atoms with Gasteiger partial charge >= 0.3 is 0 Å². The number of sulfonamides is 1. The number of aliphatic hydroxyl groups excluding tert-OH is 1. The Morgan fingerprint density at radius 1 is 0.879 bits per heavy atom. The average Bonchev–Trinajstić information content (AvgIpc) is 2.80. The Morgan fingerprint density at radius 3 is 2.36 bits per heavy atom. The van der Waals surface area contributed by atoms with Crippen LogP contribution in [-0.4, -0.2) is 36.9 Å². The number of hydrogen-bond acceptors (Lipinski definition) is 6. The zero-order chi connectivity index (χ0) is 23.6. The third-order valence-electron chi connectivity index (χ3n) is 5.49. The third kappa shape index (κ3) is 4.73. The second kappa shape index (κ2) is 9.27. The summed E-state index contributed by atoms with van der Waals surface area (Å²) in [6, 6.07) is 19.2. The second-order valence-electron chi connectivity index (χ2n) is 7.99. The summed E-state index contributed by atoms with van der Waals surface area (Å²) in [5, 5.41) is 23.1. The normalized spacial score (nSPS) is 11.6. The SMILES string of the molecule is Cc1ccc(C)c(Nc2nnc(-c3ccc(C)c(S(=O)(=O)NCCO)c3)c3ccccc23)c1. The molecule has 0 atom stereocenters. The van der Waals surface area contributed by atoms with E-state index in [2.05, 4.69) is 38.4 Å². The van der Waals surface area contributed by atoms with Gasteiger partial charge in [-0.1, -0.05) is 48.5 Å². The number of nitrogens with zero attached hydrogens (tertiary/aromatic N) is 2. The number of hydrogen-bond donors (Lipinski definition) is 3. The largest absolute Gasteiger partial charge is 0.395 e. The van der Waals surface area contributed by atoms with E-state index in [0.717, 1.165) is 27.6 Å². The van der Waals surface area contributed by atoms with E-state index < -0.39 is 10.0 Å². The lowest BCUT2D eigenvalue weighted by Gasteiger charge is -2.14. The van der Waals surface area contributed by atoms with Gasteiger partial charge in [-0.15, -0.1) is 10.2 Å². The van der Waals surface area contributed by atoms with Gasteiger partial charge in [0, 0.05) is 28.6 Å². The highest BCUT2D eigenvalue weighted by Gasteiger charge is 2.19. The first-order chi connectivity index (χ1) is 15.8. The van der Waals surface area contributed by atoms with Gasteiger partial charge in [-0.25, -0.2) is 13.1 Å². The number of anilines is 2. The van der Waals surface area contributed by atoms with Crippen molar-refractivity contribution >= 4 is 32.3 Å². The van der Waals surface area contributed by atoms with Crippen LogP contribution in [-0.2, 0) is 10.0 Å². The third-order valence-corrected chi connectivity index (χ3v) is 7.09. The van der Waals surface area contributed by atoms with Gasteiger partial charge in [0.25, 0.3) is 0 Å². The van der Waals surface area contributed by atoms with Gasteiger partial charge in [-0.2, -0.15) is 0 Å². The monoisotopic (exact) mass is 462 g/mol. The van der Waals surface area contributed by atoms with Crippen LogP contribution in [0.15, 0.2) is 65.6 Å². The highest BCUT2D eigenvalue weighted by atomic mass is 32.2. The molecule has 4 aromatic rings. The molecule has 0 saturated carbocycles. The van der Waals surface area contributed by atoms with Crippen molar-refractivity contribution in [1.29, 1.82) is 0 Å². The Kier molecular flexibility index (Phi) is 6.42. The lowest BCUT2D eigenvalue weighted by atomic mass is 10.0. The van der Waals surface area contributed by atoms with Crippen LogP contribution in [0, 0.1) is 20.8 Å². The van der Waals surface area contributed by atoms with Gasteiger partial charge in [-0.05, 0) is 49.6 Å². The van der Waals surface area contributed by atoms with Crippen molar-refractivity contribution < 1.29 is 13.5 Å². The zero-order valence-electron chi connectivity index (χ0n) is 18.8. The molecule has 1 heterocycles. The van der Waals surface area contributed by atoms with Gasteiger partial charge in [0.1, 0.15) is 5.69 Å². The van der Waals surface area contributed by atoms with Crippen molar-refractivity contribution in [1.82, 2.24) is 14.9 Å².